The molecule has 0 aliphatic carbocycles. The first kappa shape index (κ1) is 14.0. The summed E-state index contributed by atoms with van der Waals surface area (Å²) in [6, 6.07) is 1.05. The molecule has 1 aliphatic rings. The molecule has 1 aliphatic heterocycles. The van der Waals surface area contributed by atoms with Gasteiger partial charge in [0, 0.05) is 19.2 Å². The van der Waals surface area contributed by atoms with Gasteiger partial charge in [-0.1, -0.05) is 0 Å². The number of rotatable bonds is 2. The summed E-state index contributed by atoms with van der Waals surface area (Å²) in [5.74, 6) is -0.902. The molecular weight excluding hydrogens is 266 g/mol. The average molecular weight is 281 g/mol. The molecule has 0 spiro atoms. The van der Waals surface area contributed by atoms with Crippen molar-refractivity contribution in [2.75, 3.05) is 20.2 Å². The second-order valence-electron chi connectivity index (χ2n) is 4.59. The maximum absolute atomic E-state index is 12.1. The lowest BCUT2D eigenvalue weighted by Gasteiger charge is -2.30. The lowest BCUT2D eigenvalue weighted by molar-refractivity contribution is -0.146. The van der Waals surface area contributed by atoms with Crippen LogP contribution in [0.15, 0.2) is 15.7 Å². The highest BCUT2D eigenvalue weighted by atomic mass is 16.5. The molecule has 0 bridgehead atoms. The smallest absolute Gasteiger partial charge is 0.326 e. The van der Waals surface area contributed by atoms with Gasteiger partial charge in [-0.25, -0.2) is 4.79 Å². The minimum atomic E-state index is -0.717. The molecule has 20 heavy (non-hydrogen) atoms. The molecule has 8 heteroatoms. The van der Waals surface area contributed by atoms with Crippen LogP contribution < -0.4 is 11.2 Å². The van der Waals surface area contributed by atoms with E-state index in [4.69, 9.17) is 0 Å². The number of aromatic amines is 2. The number of esters is 1. The molecule has 0 aromatic carbocycles. The predicted molar refractivity (Wildman–Crippen MR) is 68.3 cm³/mol. The van der Waals surface area contributed by atoms with Gasteiger partial charge in [-0.15, -0.1) is 0 Å². The highest BCUT2D eigenvalue weighted by Gasteiger charge is 2.28. The van der Waals surface area contributed by atoms with Crippen molar-refractivity contribution in [2.24, 2.45) is 5.92 Å². The van der Waals surface area contributed by atoms with Crippen molar-refractivity contribution in [1.29, 1.82) is 0 Å². The number of amides is 1. The van der Waals surface area contributed by atoms with Gasteiger partial charge in [-0.2, -0.15) is 0 Å². The van der Waals surface area contributed by atoms with E-state index in [0.29, 0.717) is 25.9 Å². The van der Waals surface area contributed by atoms with E-state index >= 15 is 0 Å². The Hall–Kier alpha value is -2.38. The molecule has 2 N–H and O–H groups in total. The van der Waals surface area contributed by atoms with Crippen LogP contribution in [0.3, 0.4) is 0 Å². The molecule has 0 unspecified atom stereocenters. The normalized spacial score (nSPS) is 15.9. The fraction of sp³-hybridized carbons (Fsp3) is 0.500. The standard InChI is InChI=1S/C12H15N3O5/c1-20-11(18)7-2-4-15(5-3-7)10(17)8-6-9(16)14-12(19)13-8/h6-7H,2-5H2,1H3,(H2,13,14,16,19). The van der Waals surface area contributed by atoms with Crippen molar-refractivity contribution in [2.45, 2.75) is 12.8 Å². The molecule has 0 saturated carbocycles. The summed E-state index contributed by atoms with van der Waals surface area (Å²) in [5.41, 5.74) is -1.39. The lowest BCUT2D eigenvalue weighted by Crippen LogP contribution is -2.42. The summed E-state index contributed by atoms with van der Waals surface area (Å²) in [6.45, 7) is 0.765. The van der Waals surface area contributed by atoms with E-state index in [0.717, 1.165) is 6.07 Å². The molecule has 1 amide bonds. The fourth-order valence-corrected chi connectivity index (χ4v) is 2.24. The zero-order valence-electron chi connectivity index (χ0n) is 11.0. The summed E-state index contributed by atoms with van der Waals surface area (Å²) >= 11 is 0. The lowest BCUT2D eigenvalue weighted by atomic mass is 9.97. The highest BCUT2D eigenvalue weighted by Crippen LogP contribution is 2.19. The number of H-pyrrole nitrogens is 2. The van der Waals surface area contributed by atoms with Gasteiger partial charge in [0.25, 0.3) is 11.5 Å². The third-order valence-corrected chi connectivity index (χ3v) is 3.31. The number of aromatic nitrogens is 2. The Labute approximate surface area is 113 Å². The summed E-state index contributed by atoms with van der Waals surface area (Å²) in [5, 5.41) is 0. The molecule has 0 radical (unpaired) electrons. The predicted octanol–water partition coefficient (Wildman–Crippen LogP) is -0.912. The number of methoxy groups -OCH3 is 1. The number of hydrogen-bond donors (Lipinski definition) is 2. The number of ether oxygens (including phenoxy) is 1. The monoisotopic (exact) mass is 281 g/mol. The number of carbonyl (C=O) groups excluding carboxylic acids is 2. The molecular formula is C12H15N3O5. The molecule has 0 atom stereocenters. The van der Waals surface area contributed by atoms with E-state index < -0.39 is 17.2 Å². The van der Waals surface area contributed by atoms with Crippen LogP contribution in [0, 0.1) is 5.92 Å². The largest absolute Gasteiger partial charge is 0.469 e. The Morgan fingerprint density at radius 3 is 2.45 bits per heavy atom. The third-order valence-electron chi connectivity index (χ3n) is 3.31. The van der Waals surface area contributed by atoms with E-state index in [9.17, 15) is 19.2 Å². The van der Waals surface area contributed by atoms with Gasteiger partial charge in [0.15, 0.2) is 0 Å². The van der Waals surface area contributed by atoms with Crippen LogP contribution >= 0.6 is 0 Å². The van der Waals surface area contributed by atoms with Crippen molar-refractivity contribution < 1.29 is 14.3 Å². The van der Waals surface area contributed by atoms with E-state index in [1.807, 2.05) is 4.98 Å². The van der Waals surface area contributed by atoms with Crippen LogP contribution in [0.4, 0.5) is 0 Å². The molecule has 1 saturated heterocycles. The van der Waals surface area contributed by atoms with Crippen LogP contribution in [0.5, 0.6) is 0 Å². The van der Waals surface area contributed by atoms with Gasteiger partial charge < -0.3 is 14.6 Å². The van der Waals surface area contributed by atoms with Crippen molar-refractivity contribution in [1.82, 2.24) is 14.9 Å². The first-order valence-corrected chi connectivity index (χ1v) is 6.22. The zero-order chi connectivity index (χ0) is 14.7. The Balaban J connectivity index is 2.07. The average Bonchev–Trinajstić information content (AvgIpc) is 2.45. The molecule has 8 nitrogen and oxygen atoms in total. The van der Waals surface area contributed by atoms with E-state index in [2.05, 4.69) is 9.72 Å². The van der Waals surface area contributed by atoms with Crippen LogP contribution in [0.1, 0.15) is 23.3 Å². The maximum atomic E-state index is 12.1. The summed E-state index contributed by atoms with van der Waals surface area (Å²) in [6.07, 6.45) is 1.01. The van der Waals surface area contributed by atoms with Crippen LogP contribution in [-0.4, -0.2) is 46.9 Å². The Bertz CT molecular complexity index is 596. The van der Waals surface area contributed by atoms with E-state index in [1.54, 1.807) is 0 Å². The number of hydrogen-bond acceptors (Lipinski definition) is 5. The third kappa shape index (κ3) is 2.95. The Kier molecular flexibility index (Phi) is 4.02. The second-order valence-corrected chi connectivity index (χ2v) is 4.59. The van der Waals surface area contributed by atoms with Crippen molar-refractivity contribution >= 4 is 11.9 Å². The maximum Gasteiger partial charge on any atom is 0.326 e. The highest BCUT2D eigenvalue weighted by molar-refractivity contribution is 5.92. The summed E-state index contributed by atoms with van der Waals surface area (Å²) in [4.78, 5) is 51.6. The van der Waals surface area contributed by atoms with Gasteiger partial charge in [0.05, 0.1) is 13.0 Å². The SMILES string of the molecule is COC(=O)C1CCN(C(=O)c2cc(=O)[nH]c(=O)[nH]2)CC1. The van der Waals surface area contributed by atoms with Gasteiger partial charge >= 0.3 is 11.7 Å². The van der Waals surface area contributed by atoms with Crippen molar-refractivity contribution in [3.05, 3.63) is 32.6 Å². The number of likely N-dealkylation sites (tertiary alicyclic amines) is 1. The molecule has 1 aromatic heterocycles. The van der Waals surface area contributed by atoms with Crippen molar-refractivity contribution in [3.63, 3.8) is 0 Å². The van der Waals surface area contributed by atoms with Crippen LogP contribution in [-0.2, 0) is 9.53 Å². The van der Waals surface area contributed by atoms with Gasteiger partial charge in [-0.05, 0) is 12.8 Å². The first-order chi connectivity index (χ1) is 9.51. The van der Waals surface area contributed by atoms with E-state index in [1.165, 1.54) is 12.0 Å². The zero-order valence-corrected chi connectivity index (χ0v) is 11.0. The number of carbonyl (C=O) groups is 2. The Morgan fingerprint density at radius 2 is 1.90 bits per heavy atom. The van der Waals surface area contributed by atoms with Crippen molar-refractivity contribution in [3.8, 4) is 0 Å². The summed E-state index contributed by atoms with van der Waals surface area (Å²) in [7, 11) is 1.33. The van der Waals surface area contributed by atoms with Crippen LogP contribution in [0.2, 0.25) is 0 Å². The first-order valence-electron chi connectivity index (χ1n) is 6.22. The molecule has 2 heterocycles. The van der Waals surface area contributed by atoms with Gasteiger partial charge in [-0.3, -0.25) is 19.4 Å². The second kappa shape index (κ2) is 5.72. The molecule has 108 valence electrons. The van der Waals surface area contributed by atoms with E-state index in [-0.39, 0.29) is 17.6 Å². The summed E-state index contributed by atoms with van der Waals surface area (Å²) < 4.78 is 4.67. The Morgan fingerprint density at radius 1 is 1.25 bits per heavy atom. The molecule has 2 rings (SSSR count). The minimum Gasteiger partial charge on any atom is -0.469 e. The van der Waals surface area contributed by atoms with Gasteiger partial charge in [0.1, 0.15) is 5.69 Å². The molecule has 1 fully saturated rings. The fourth-order valence-electron chi connectivity index (χ4n) is 2.24. The van der Waals surface area contributed by atoms with Crippen LogP contribution in [0.25, 0.3) is 0 Å². The number of nitrogens with zero attached hydrogens (tertiary/aromatic N) is 1. The quantitative estimate of drug-likeness (QED) is 0.681. The molecule has 1 aromatic rings. The minimum absolute atomic E-state index is 0.0460. The number of nitrogens with one attached hydrogen (secondary N) is 2. The topological polar surface area (TPSA) is 112 Å². The number of piperidine rings is 1. The van der Waals surface area contributed by atoms with Gasteiger partial charge in [0.2, 0.25) is 0 Å².